The summed E-state index contributed by atoms with van der Waals surface area (Å²) in [5.41, 5.74) is 10.5. The Kier molecular flexibility index (Phi) is 6.34. The molecule has 1 amide bonds. The van der Waals surface area contributed by atoms with E-state index in [1.54, 1.807) is 24.4 Å². The highest BCUT2D eigenvalue weighted by Gasteiger charge is 2.26. The van der Waals surface area contributed by atoms with E-state index in [1.807, 2.05) is 28.8 Å². The predicted octanol–water partition coefficient (Wildman–Crippen LogP) is 5.14. The molecule has 0 bridgehead atoms. The summed E-state index contributed by atoms with van der Waals surface area (Å²) in [7, 11) is 0. The maximum atomic E-state index is 13.7. The third-order valence-electron chi connectivity index (χ3n) is 7.40. The Morgan fingerprint density at radius 2 is 1.93 bits per heavy atom. The Hall–Kier alpha value is -5.59. The summed E-state index contributed by atoms with van der Waals surface area (Å²) < 4.78 is 42.6. The number of hydrogen-bond donors (Lipinski definition) is 2. The van der Waals surface area contributed by atoms with Gasteiger partial charge in [0.15, 0.2) is 17.3 Å². The summed E-state index contributed by atoms with van der Waals surface area (Å²) in [4.78, 5) is 30.4. The van der Waals surface area contributed by atoms with Crippen LogP contribution < -0.4 is 11.1 Å². The number of fused-ring (bicyclic) bond motifs is 2. The molecule has 0 saturated carbocycles. The molecule has 3 N–H and O–H groups in total. The van der Waals surface area contributed by atoms with Gasteiger partial charge in [0, 0.05) is 30.3 Å². The SMILES string of the molecule is Nc1ncccc1-c1nc2ccc(-n3ccc(F)n3)nc2n1-c1ccc2c(c1)CC[C@@H]2NC(=O)c1ccc(C(F)F)nc1. The van der Waals surface area contributed by atoms with Crippen LogP contribution in [0.3, 0.4) is 0 Å². The van der Waals surface area contributed by atoms with E-state index in [1.165, 1.54) is 23.0 Å². The molecule has 13 heteroatoms. The zero-order valence-electron chi connectivity index (χ0n) is 22.3. The molecule has 0 radical (unpaired) electrons. The molecule has 5 heterocycles. The minimum Gasteiger partial charge on any atom is -0.383 e. The molecule has 0 saturated heterocycles. The number of hydrogen-bond acceptors (Lipinski definition) is 7. The number of rotatable bonds is 6. The van der Waals surface area contributed by atoms with Gasteiger partial charge in [-0.05, 0) is 72.5 Å². The zero-order valence-corrected chi connectivity index (χ0v) is 22.3. The van der Waals surface area contributed by atoms with Crippen LogP contribution >= 0.6 is 0 Å². The molecule has 214 valence electrons. The van der Waals surface area contributed by atoms with E-state index < -0.39 is 18.3 Å². The van der Waals surface area contributed by atoms with Crippen molar-refractivity contribution < 1.29 is 18.0 Å². The van der Waals surface area contributed by atoms with Crippen LogP contribution in [0, 0.1) is 5.95 Å². The van der Waals surface area contributed by atoms with Crippen molar-refractivity contribution in [3.8, 4) is 22.9 Å². The lowest BCUT2D eigenvalue weighted by Crippen LogP contribution is -2.27. The van der Waals surface area contributed by atoms with Crippen LogP contribution in [0.1, 0.15) is 46.1 Å². The first-order valence-corrected chi connectivity index (χ1v) is 13.4. The van der Waals surface area contributed by atoms with Crippen LogP contribution in [-0.4, -0.2) is 40.2 Å². The van der Waals surface area contributed by atoms with Crippen LogP contribution in [0.15, 0.2) is 79.3 Å². The number of nitrogens with two attached hydrogens (primary N) is 1. The summed E-state index contributed by atoms with van der Waals surface area (Å²) >= 11 is 0. The standard InChI is InChI=1S/C30H22F3N9O/c31-24-11-13-41(40-24)25-10-9-23-29(39-25)42(28(37-23)20-2-1-12-35-27(20)34)18-5-6-19-16(14-18)3-7-21(19)38-30(43)17-4-8-22(26(32)33)36-15-17/h1-2,4-6,8-15,21,26H,3,7H2,(H2,34,35)(H,38,43)/t21-/m0/s1. The first kappa shape index (κ1) is 26.3. The monoisotopic (exact) mass is 581 g/mol. The minimum atomic E-state index is -2.70. The van der Waals surface area contributed by atoms with E-state index in [0.717, 1.165) is 29.1 Å². The molecule has 1 aromatic carbocycles. The lowest BCUT2D eigenvalue weighted by molar-refractivity contribution is 0.0935. The zero-order chi connectivity index (χ0) is 29.7. The van der Waals surface area contributed by atoms with Crippen molar-refractivity contribution >= 4 is 22.9 Å². The summed E-state index contributed by atoms with van der Waals surface area (Å²) in [5, 5.41) is 6.83. The molecule has 1 aliphatic carbocycles. The smallest absolute Gasteiger partial charge is 0.280 e. The maximum absolute atomic E-state index is 13.7. The number of anilines is 1. The van der Waals surface area contributed by atoms with Crippen LogP contribution in [0.25, 0.3) is 34.1 Å². The molecule has 0 spiro atoms. The summed E-state index contributed by atoms with van der Waals surface area (Å²) in [6.45, 7) is 0. The fourth-order valence-corrected chi connectivity index (χ4v) is 5.34. The Morgan fingerprint density at radius 1 is 1.05 bits per heavy atom. The van der Waals surface area contributed by atoms with Crippen LogP contribution in [0.5, 0.6) is 0 Å². The van der Waals surface area contributed by atoms with E-state index in [4.69, 9.17) is 15.7 Å². The number of amides is 1. The van der Waals surface area contributed by atoms with Crippen molar-refractivity contribution in [3.63, 3.8) is 0 Å². The quantitative estimate of drug-likeness (QED) is 0.279. The number of aryl methyl sites for hydroxylation is 1. The second-order valence-electron chi connectivity index (χ2n) is 10.0. The van der Waals surface area contributed by atoms with Gasteiger partial charge in [-0.1, -0.05) is 6.07 Å². The van der Waals surface area contributed by atoms with E-state index in [2.05, 4.69) is 20.4 Å². The first-order chi connectivity index (χ1) is 20.9. The third kappa shape index (κ3) is 4.74. The molecule has 0 fully saturated rings. The lowest BCUT2D eigenvalue weighted by atomic mass is 10.1. The Morgan fingerprint density at radius 3 is 2.67 bits per heavy atom. The number of benzene rings is 1. The molecule has 7 rings (SSSR count). The van der Waals surface area contributed by atoms with Crippen molar-refractivity contribution in [1.29, 1.82) is 0 Å². The summed E-state index contributed by atoms with van der Waals surface area (Å²) in [5.74, 6) is 0.217. The number of nitrogens with zero attached hydrogens (tertiary/aromatic N) is 7. The number of nitrogen functional groups attached to an aromatic ring is 1. The molecule has 1 atom stereocenters. The number of halogens is 3. The Bertz CT molecular complexity index is 2000. The number of nitrogens with one attached hydrogen (secondary N) is 1. The highest BCUT2D eigenvalue weighted by molar-refractivity contribution is 5.94. The largest absolute Gasteiger partial charge is 0.383 e. The summed E-state index contributed by atoms with van der Waals surface area (Å²) in [6, 6.07) is 16.4. The number of alkyl halides is 2. The van der Waals surface area contributed by atoms with Gasteiger partial charge >= 0.3 is 0 Å². The van der Waals surface area contributed by atoms with E-state index in [0.29, 0.717) is 47.0 Å². The fraction of sp³-hybridized carbons (Fsp3) is 0.133. The molecule has 43 heavy (non-hydrogen) atoms. The van der Waals surface area contributed by atoms with Gasteiger partial charge in [-0.3, -0.25) is 14.3 Å². The molecule has 10 nitrogen and oxygen atoms in total. The van der Waals surface area contributed by atoms with Gasteiger partial charge in [0.2, 0.25) is 5.95 Å². The van der Waals surface area contributed by atoms with Gasteiger partial charge < -0.3 is 11.1 Å². The predicted molar refractivity (Wildman–Crippen MR) is 151 cm³/mol. The van der Waals surface area contributed by atoms with Gasteiger partial charge in [0.05, 0.1) is 17.2 Å². The van der Waals surface area contributed by atoms with Gasteiger partial charge in [-0.15, -0.1) is 5.10 Å². The van der Waals surface area contributed by atoms with Crippen molar-refractivity contribution in [2.45, 2.75) is 25.3 Å². The molecule has 5 aromatic heterocycles. The highest BCUT2D eigenvalue weighted by Crippen LogP contribution is 2.36. The van der Waals surface area contributed by atoms with E-state index >= 15 is 0 Å². The van der Waals surface area contributed by atoms with E-state index in [9.17, 15) is 18.0 Å². The third-order valence-corrected chi connectivity index (χ3v) is 7.40. The number of pyridine rings is 3. The number of imidazole rings is 1. The second kappa shape index (κ2) is 10.4. The molecule has 1 aliphatic rings. The molecular formula is C30H22F3N9O. The number of carbonyl (C=O) groups is 1. The van der Waals surface area contributed by atoms with Crippen LogP contribution in [0.4, 0.5) is 19.0 Å². The maximum Gasteiger partial charge on any atom is 0.280 e. The van der Waals surface area contributed by atoms with Crippen LogP contribution in [0.2, 0.25) is 0 Å². The van der Waals surface area contributed by atoms with Crippen molar-refractivity contribution in [1.82, 2.24) is 39.6 Å². The van der Waals surface area contributed by atoms with Crippen molar-refractivity contribution in [3.05, 3.63) is 108 Å². The average molecular weight is 582 g/mol. The van der Waals surface area contributed by atoms with E-state index in [-0.39, 0.29) is 17.3 Å². The van der Waals surface area contributed by atoms with Crippen molar-refractivity contribution in [2.75, 3.05) is 5.73 Å². The van der Waals surface area contributed by atoms with Crippen LogP contribution in [-0.2, 0) is 6.42 Å². The molecule has 0 unspecified atom stereocenters. The lowest BCUT2D eigenvalue weighted by Gasteiger charge is -2.16. The summed E-state index contributed by atoms with van der Waals surface area (Å²) in [6.07, 6.45) is 2.89. The molecule has 6 aromatic rings. The average Bonchev–Trinajstić information content (AvgIpc) is 3.73. The van der Waals surface area contributed by atoms with Crippen molar-refractivity contribution in [2.24, 2.45) is 0 Å². The first-order valence-electron chi connectivity index (χ1n) is 13.4. The molecular weight excluding hydrogens is 559 g/mol. The second-order valence-corrected chi connectivity index (χ2v) is 10.0. The van der Waals surface area contributed by atoms with Gasteiger partial charge in [-0.2, -0.15) is 4.39 Å². The highest BCUT2D eigenvalue weighted by atomic mass is 19.3. The minimum absolute atomic E-state index is 0.206. The fourth-order valence-electron chi connectivity index (χ4n) is 5.34. The molecule has 0 aliphatic heterocycles. The van der Waals surface area contributed by atoms with Gasteiger partial charge in [-0.25, -0.2) is 28.4 Å². The topological polar surface area (TPSA) is 129 Å². The Balaban J connectivity index is 1.27. The van der Waals surface area contributed by atoms with Gasteiger partial charge in [0.25, 0.3) is 12.3 Å². The number of aromatic nitrogens is 7. The Labute approximate surface area is 242 Å². The normalized spacial score (nSPS) is 14.4. The number of carbonyl (C=O) groups excluding carboxylic acids is 1. The van der Waals surface area contributed by atoms with Gasteiger partial charge in [0.1, 0.15) is 17.0 Å².